The SMILES string of the molecule is COc1ccccc1C=NNC(=O)C(=O)NC(C)c1ccccc1. The topological polar surface area (TPSA) is 79.8 Å². The van der Waals surface area contributed by atoms with Crippen LogP contribution < -0.4 is 15.5 Å². The van der Waals surface area contributed by atoms with Crippen LogP contribution >= 0.6 is 0 Å². The zero-order valence-corrected chi connectivity index (χ0v) is 13.5. The van der Waals surface area contributed by atoms with Gasteiger partial charge in [0, 0.05) is 5.56 Å². The summed E-state index contributed by atoms with van der Waals surface area (Å²) in [6.07, 6.45) is 1.42. The average molecular weight is 325 g/mol. The van der Waals surface area contributed by atoms with E-state index in [1.54, 1.807) is 26.2 Å². The molecule has 0 radical (unpaired) electrons. The fourth-order valence-electron chi connectivity index (χ4n) is 2.07. The van der Waals surface area contributed by atoms with Crippen molar-refractivity contribution in [1.82, 2.24) is 10.7 Å². The van der Waals surface area contributed by atoms with Gasteiger partial charge in [-0.15, -0.1) is 0 Å². The lowest BCUT2D eigenvalue weighted by Gasteiger charge is -2.13. The number of rotatable bonds is 5. The van der Waals surface area contributed by atoms with Gasteiger partial charge >= 0.3 is 11.8 Å². The minimum absolute atomic E-state index is 0.275. The van der Waals surface area contributed by atoms with Gasteiger partial charge in [-0.05, 0) is 24.6 Å². The Labute approximate surface area is 140 Å². The number of hydrazone groups is 1. The lowest BCUT2D eigenvalue weighted by atomic mass is 10.1. The summed E-state index contributed by atoms with van der Waals surface area (Å²) in [5, 5.41) is 6.40. The zero-order valence-electron chi connectivity index (χ0n) is 13.5. The van der Waals surface area contributed by atoms with Gasteiger partial charge in [0.1, 0.15) is 5.75 Å². The van der Waals surface area contributed by atoms with Gasteiger partial charge in [-0.3, -0.25) is 9.59 Å². The molecule has 124 valence electrons. The average Bonchev–Trinajstić information content (AvgIpc) is 2.62. The highest BCUT2D eigenvalue weighted by atomic mass is 16.5. The van der Waals surface area contributed by atoms with Crippen molar-refractivity contribution in [2.45, 2.75) is 13.0 Å². The molecule has 0 aliphatic carbocycles. The van der Waals surface area contributed by atoms with Crippen LogP contribution in [0.5, 0.6) is 5.75 Å². The van der Waals surface area contributed by atoms with E-state index in [1.807, 2.05) is 42.5 Å². The smallest absolute Gasteiger partial charge is 0.329 e. The van der Waals surface area contributed by atoms with E-state index in [-0.39, 0.29) is 6.04 Å². The lowest BCUT2D eigenvalue weighted by Crippen LogP contribution is -2.39. The maximum Gasteiger partial charge on any atom is 0.329 e. The van der Waals surface area contributed by atoms with Gasteiger partial charge in [-0.2, -0.15) is 5.10 Å². The molecule has 2 aromatic rings. The van der Waals surface area contributed by atoms with Crippen molar-refractivity contribution in [3.05, 3.63) is 65.7 Å². The van der Waals surface area contributed by atoms with E-state index in [4.69, 9.17) is 4.74 Å². The van der Waals surface area contributed by atoms with E-state index in [0.29, 0.717) is 11.3 Å². The molecule has 6 heteroatoms. The van der Waals surface area contributed by atoms with Crippen molar-refractivity contribution in [1.29, 1.82) is 0 Å². The molecule has 0 bridgehead atoms. The van der Waals surface area contributed by atoms with Gasteiger partial charge < -0.3 is 10.1 Å². The Kier molecular flexibility index (Phi) is 6.08. The monoisotopic (exact) mass is 325 g/mol. The summed E-state index contributed by atoms with van der Waals surface area (Å²) in [6.45, 7) is 1.80. The second-order valence-corrected chi connectivity index (χ2v) is 5.05. The standard InChI is InChI=1S/C18H19N3O3/c1-13(14-8-4-3-5-9-14)20-17(22)18(23)21-19-12-15-10-6-7-11-16(15)24-2/h3-13H,1-2H3,(H,20,22)(H,21,23). The summed E-state index contributed by atoms with van der Waals surface area (Å²) >= 11 is 0. The Bertz CT molecular complexity index is 729. The molecule has 0 spiro atoms. The predicted molar refractivity (Wildman–Crippen MR) is 91.7 cm³/mol. The van der Waals surface area contributed by atoms with Crippen LogP contribution in [0.1, 0.15) is 24.1 Å². The predicted octanol–water partition coefficient (Wildman–Crippen LogP) is 2.02. The number of amides is 2. The lowest BCUT2D eigenvalue weighted by molar-refractivity contribution is -0.139. The third-order valence-corrected chi connectivity index (χ3v) is 3.36. The first-order valence-electron chi connectivity index (χ1n) is 7.43. The van der Waals surface area contributed by atoms with Crippen LogP contribution in [0.4, 0.5) is 0 Å². The van der Waals surface area contributed by atoms with Gasteiger partial charge in [-0.1, -0.05) is 42.5 Å². The first-order chi connectivity index (χ1) is 11.6. The summed E-state index contributed by atoms with van der Waals surface area (Å²) in [7, 11) is 1.55. The number of methoxy groups -OCH3 is 1. The number of para-hydroxylation sites is 1. The normalized spacial score (nSPS) is 11.8. The Hall–Kier alpha value is -3.15. The Morgan fingerprint density at radius 1 is 1.04 bits per heavy atom. The van der Waals surface area contributed by atoms with Gasteiger partial charge in [0.25, 0.3) is 0 Å². The molecule has 0 aliphatic heterocycles. The van der Waals surface area contributed by atoms with E-state index in [2.05, 4.69) is 15.8 Å². The number of ether oxygens (including phenoxy) is 1. The molecule has 24 heavy (non-hydrogen) atoms. The first-order valence-corrected chi connectivity index (χ1v) is 7.43. The highest BCUT2D eigenvalue weighted by Crippen LogP contribution is 2.14. The summed E-state index contributed by atoms with van der Waals surface area (Å²) in [5.41, 5.74) is 3.81. The molecule has 0 heterocycles. The highest BCUT2D eigenvalue weighted by molar-refractivity contribution is 6.35. The molecule has 2 N–H and O–H groups in total. The number of hydrogen-bond acceptors (Lipinski definition) is 4. The molecular formula is C18H19N3O3. The van der Waals surface area contributed by atoms with Crippen molar-refractivity contribution in [2.24, 2.45) is 5.10 Å². The number of hydrogen-bond donors (Lipinski definition) is 2. The van der Waals surface area contributed by atoms with Crippen molar-refractivity contribution in [2.75, 3.05) is 7.11 Å². The molecule has 2 amide bonds. The molecule has 0 fully saturated rings. The number of carbonyl (C=O) groups excluding carboxylic acids is 2. The van der Waals surface area contributed by atoms with Crippen molar-refractivity contribution < 1.29 is 14.3 Å². The van der Waals surface area contributed by atoms with Crippen LogP contribution in [0, 0.1) is 0 Å². The van der Waals surface area contributed by atoms with Crippen LogP contribution in [0.15, 0.2) is 59.7 Å². The molecule has 0 aromatic heterocycles. The molecule has 1 atom stereocenters. The maximum absolute atomic E-state index is 11.9. The van der Waals surface area contributed by atoms with Gasteiger partial charge in [0.2, 0.25) is 0 Å². The number of carbonyl (C=O) groups is 2. The largest absolute Gasteiger partial charge is 0.496 e. The van der Waals surface area contributed by atoms with Crippen molar-refractivity contribution in [3.8, 4) is 5.75 Å². The van der Waals surface area contributed by atoms with Gasteiger partial charge in [-0.25, -0.2) is 5.43 Å². The Morgan fingerprint density at radius 3 is 2.42 bits per heavy atom. The Morgan fingerprint density at radius 2 is 1.71 bits per heavy atom. The fraction of sp³-hybridized carbons (Fsp3) is 0.167. The summed E-state index contributed by atoms with van der Waals surface area (Å²) in [5.74, 6) is -0.954. The van der Waals surface area contributed by atoms with E-state index in [0.717, 1.165) is 5.56 Å². The third-order valence-electron chi connectivity index (χ3n) is 3.36. The molecule has 0 aliphatic rings. The molecule has 0 saturated heterocycles. The number of nitrogens with one attached hydrogen (secondary N) is 2. The second-order valence-electron chi connectivity index (χ2n) is 5.05. The highest BCUT2D eigenvalue weighted by Gasteiger charge is 2.16. The van der Waals surface area contributed by atoms with E-state index >= 15 is 0 Å². The van der Waals surface area contributed by atoms with E-state index in [9.17, 15) is 9.59 Å². The fourth-order valence-corrected chi connectivity index (χ4v) is 2.07. The summed E-state index contributed by atoms with van der Waals surface area (Å²) in [4.78, 5) is 23.7. The van der Waals surface area contributed by atoms with Gasteiger partial charge in [0.05, 0.1) is 19.4 Å². The zero-order chi connectivity index (χ0) is 17.4. The maximum atomic E-state index is 11.9. The Balaban J connectivity index is 1.90. The van der Waals surface area contributed by atoms with E-state index < -0.39 is 11.8 Å². The van der Waals surface area contributed by atoms with Crippen LogP contribution in [-0.2, 0) is 9.59 Å². The van der Waals surface area contributed by atoms with Crippen LogP contribution in [-0.4, -0.2) is 25.1 Å². The second kappa shape index (κ2) is 8.47. The van der Waals surface area contributed by atoms with E-state index in [1.165, 1.54) is 6.21 Å². The molecule has 2 rings (SSSR count). The number of benzene rings is 2. The summed E-state index contributed by atoms with van der Waals surface area (Å²) in [6, 6.07) is 16.3. The minimum Gasteiger partial charge on any atom is -0.496 e. The first kappa shape index (κ1) is 17.2. The molecule has 2 aromatic carbocycles. The van der Waals surface area contributed by atoms with Gasteiger partial charge in [0.15, 0.2) is 0 Å². The van der Waals surface area contributed by atoms with Crippen LogP contribution in [0.25, 0.3) is 0 Å². The molecule has 6 nitrogen and oxygen atoms in total. The molecular weight excluding hydrogens is 306 g/mol. The molecule has 1 unspecified atom stereocenters. The van der Waals surface area contributed by atoms with Crippen molar-refractivity contribution in [3.63, 3.8) is 0 Å². The minimum atomic E-state index is -0.830. The van der Waals surface area contributed by atoms with Crippen molar-refractivity contribution >= 4 is 18.0 Å². The molecule has 0 saturated carbocycles. The van der Waals surface area contributed by atoms with Crippen LogP contribution in [0.2, 0.25) is 0 Å². The van der Waals surface area contributed by atoms with Crippen LogP contribution in [0.3, 0.4) is 0 Å². The third kappa shape index (κ3) is 4.67. The number of nitrogens with zero attached hydrogens (tertiary/aromatic N) is 1. The quantitative estimate of drug-likeness (QED) is 0.501. The summed E-state index contributed by atoms with van der Waals surface area (Å²) < 4.78 is 5.17.